The number of alkyl halides is 3. The molecule has 0 bridgehead atoms. The second kappa shape index (κ2) is 8.82. The van der Waals surface area contributed by atoms with Crippen molar-refractivity contribution in [3.05, 3.63) is 47.8 Å². The maximum Gasteiger partial charge on any atom is 0.451 e. The number of anilines is 3. The lowest BCUT2D eigenvalue weighted by Crippen LogP contribution is -2.55. The Hall–Kier alpha value is -4.03. The number of pyridine rings is 1. The number of hydrogen-bond acceptors (Lipinski definition) is 9. The molecule has 3 aromatic heterocycles. The molecule has 1 amide bonds. The van der Waals surface area contributed by atoms with Crippen LogP contribution in [-0.4, -0.2) is 50.5 Å². The van der Waals surface area contributed by atoms with Crippen molar-refractivity contribution in [2.24, 2.45) is 5.92 Å². The summed E-state index contributed by atoms with van der Waals surface area (Å²) in [7, 11) is 1.93. The molecule has 13 heteroatoms. The van der Waals surface area contributed by atoms with Crippen LogP contribution in [-0.2, 0) is 23.9 Å². The van der Waals surface area contributed by atoms with E-state index in [1.165, 1.54) is 0 Å². The molecule has 1 aliphatic carbocycles. The number of likely N-dealkylation sites (N-methyl/N-ethyl adjacent to an activating group) is 1. The number of hydrogen-bond donors (Lipinski definition) is 1. The fraction of sp³-hybridized carbons (Fsp3) is 0.417. The molecule has 1 fully saturated rings. The lowest BCUT2D eigenvalue weighted by atomic mass is 10.00. The zero-order chi connectivity index (χ0) is 25.7. The Morgan fingerprint density at radius 2 is 1.89 bits per heavy atom. The van der Waals surface area contributed by atoms with Crippen molar-refractivity contribution < 1.29 is 22.7 Å². The molecule has 6 rings (SSSR count). The van der Waals surface area contributed by atoms with Crippen LogP contribution in [0.25, 0.3) is 0 Å². The SMILES string of the molecule is CN1c2nc(NCc3ccc(Oc4cnc(C(F)(F)F)nc4)nc3)nc3c2N(CCC3)C(=O)[C@@H]1C1CC1. The average Bonchev–Trinajstić information content (AvgIpc) is 3.72. The number of amides is 1. The highest BCUT2D eigenvalue weighted by molar-refractivity contribution is 6.06. The molecular weight excluding hydrogens is 489 g/mol. The molecule has 10 nitrogen and oxygen atoms in total. The number of aromatic nitrogens is 5. The predicted molar refractivity (Wildman–Crippen MR) is 126 cm³/mol. The minimum absolute atomic E-state index is 0.0453. The van der Waals surface area contributed by atoms with Crippen LogP contribution in [0.15, 0.2) is 30.7 Å². The summed E-state index contributed by atoms with van der Waals surface area (Å²) < 4.78 is 43.3. The Bertz CT molecular complexity index is 1330. The van der Waals surface area contributed by atoms with Crippen molar-refractivity contribution in [1.29, 1.82) is 0 Å². The molecule has 0 aromatic carbocycles. The molecular formula is C24H23F3N8O2. The molecule has 0 spiro atoms. The van der Waals surface area contributed by atoms with Gasteiger partial charge in [0.2, 0.25) is 23.6 Å². The Kier molecular flexibility index (Phi) is 5.57. The average molecular weight is 512 g/mol. The number of aryl methyl sites for hydroxylation is 1. The third kappa shape index (κ3) is 4.49. The smallest absolute Gasteiger partial charge is 0.436 e. The van der Waals surface area contributed by atoms with E-state index >= 15 is 0 Å². The highest BCUT2D eigenvalue weighted by Gasteiger charge is 2.47. The van der Waals surface area contributed by atoms with Gasteiger partial charge >= 0.3 is 6.18 Å². The van der Waals surface area contributed by atoms with Gasteiger partial charge in [0.05, 0.1) is 18.1 Å². The van der Waals surface area contributed by atoms with Gasteiger partial charge < -0.3 is 19.9 Å². The minimum atomic E-state index is -4.62. The molecule has 3 aliphatic rings. The number of carbonyl (C=O) groups excluding carboxylic acids is 1. The van der Waals surface area contributed by atoms with Crippen molar-refractivity contribution in [3.8, 4) is 11.6 Å². The first-order valence-corrected chi connectivity index (χ1v) is 12.0. The lowest BCUT2D eigenvalue weighted by Gasteiger charge is -2.43. The van der Waals surface area contributed by atoms with Crippen LogP contribution in [0.1, 0.15) is 36.3 Å². The number of nitrogens with zero attached hydrogens (tertiary/aromatic N) is 7. The van der Waals surface area contributed by atoms with Gasteiger partial charge in [-0.2, -0.15) is 18.2 Å². The highest BCUT2D eigenvalue weighted by Crippen LogP contribution is 2.45. The molecule has 37 heavy (non-hydrogen) atoms. The van der Waals surface area contributed by atoms with E-state index in [9.17, 15) is 18.0 Å². The summed E-state index contributed by atoms with van der Waals surface area (Å²) >= 11 is 0. The summed E-state index contributed by atoms with van der Waals surface area (Å²) in [5.41, 5.74) is 2.53. The molecule has 0 unspecified atom stereocenters. The van der Waals surface area contributed by atoms with Gasteiger partial charge in [0.1, 0.15) is 11.7 Å². The molecule has 192 valence electrons. The first kappa shape index (κ1) is 23.4. The van der Waals surface area contributed by atoms with Crippen molar-refractivity contribution in [3.63, 3.8) is 0 Å². The van der Waals surface area contributed by atoms with Gasteiger partial charge in [-0.15, -0.1) is 0 Å². The van der Waals surface area contributed by atoms with Crippen molar-refractivity contribution >= 4 is 23.4 Å². The van der Waals surface area contributed by atoms with E-state index in [-0.39, 0.29) is 23.6 Å². The summed E-state index contributed by atoms with van der Waals surface area (Å²) in [5, 5.41) is 3.25. The van der Waals surface area contributed by atoms with Crippen LogP contribution in [0.4, 0.5) is 30.6 Å². The van der Waals surface area contributed by atoms with E-state index in [4.69, 9.17) is 14.7 Å². The summed E-state index contributed by atoms with van der Waals surface area (Å²) in [6.45, 7) is 1.10. The second-order valence-electron chi connectivity index (χ2n) is 9.35. The minimum Gasteiger partial charge on any atom is -0.436 e. The molecule has 5 heterocycles. The normalized spacial score (nSPS) is 19.0. The molecule has 2 aliphatic heterocycles. The Balaban J connectivity index is 1.15. The number of carbonyl (C=O) groups is 1. The van der Waals surface area contributed by atoms with Crippen LogP contribution in [0.3, 0.4) is 0 Å². The van der Waals surface area contributed by atoms with E-state index in [2.05, 4.69) is 20.3 Å². The molecule has 1 N–H and O–H groups in total. The molecule has 3 aromatic rings. The van der Waals surface area contributed by atoms with Crippen molar-refractivity contribution in [2.75, 3.05) is 28.7 Å². The fourth-order valence-electron chi connectivity index (χ4n) is 4.78. The molecule has 1 atom stereocenters. The largest absolute Gasteiger partial charge is 0.451 e. The number of rotatable bonds is 6. The standard InChI is InChI=1S/C24H23F3N8O2/c1-34-18(14-5-6-14)21(36)35-8-2-3-16-19(35)20(34)33-23(32-16)31-10-13-4-7-17(28-9-13)37-15-11-29-22(30-12-15)24(25,26)27/h4,7,9,11-12,14,18H,2-3,5-6,8,10H2,1H3,(H,31,32,33)/t18-/m0/s1. The first-order valence-electron chi connectivity index (χ1n) is 12.0. The van der Waals surface area contributed by atoms with E-state index in [1.807, 2.05) is 16.8 Å². The van der Waals surface area contributed by atoms with Crippen LogP contribution in [0, 0.1) is 5.92 Å². The second-order valence-corrected chi connectivity index (χ2v) is 9.35. The van der Waals surface area contributed by atoms with Crippen molar-refractivity contribution in [1.82, 2.24) is 24.9 Å². The summed E-state index contributed by atoms with van der Waals surface area (Å²) in [5.74, 6) is 0.796. The van der Waals surface area contributed by atoms with Gasteiger partial charge in [0.15, 0.2) is 11.6 Å². The van der Waals surface area contributed by atoms with Crippen LogP contribution < -0.4 is 19.9 Å². The Morgan fingerprint density at radius 1 is 1.11 bits per heavy atom. The number of nitrogens with one attached hydrogen (secondary N) is 1. The number of halogens is 3. The number of ether oxygens (including phenoxy) is 1. The fourth-order valence-corrected chi connectivity index (χ4v) is 4.78. The summed E-state index contributed by atoms with van der Waals surface area (Å²) in [6, 6.07) is 3.20. The van der Waals surface area contributed by atoms with E-state index in [1.54, 1.807) is 18.3 Å². The molecule has 0 radical (unpaired) electrons. The quantitative estimate of drug-likeness (QED) is 0.530. The van der Waals surface area contributed by atoms with Crippen LogP contribution in [0.5, 0.6) is 11.6 Å². The third-order valence-corrected chi connectivity index (χ3v) is 6.69. The van der Waals surface area contributed by atoms with Gasteiger partial charge in [-0.05, 0) is 37.2 Å². The summed E-state index contributed by atoms with van der Waals surface area (Å²) in [6.07, 6.45) is 2.65. The van der Waals surface area contributed by atoms with E-state index in [0.29, 0.717) is 25.0 Å². The zero-order valence-corrected chi connectivity index (χ0v) is 19.9. The van der Waals surface area contributed by atoms with Gasteiger partial charge in [-0.25, -0.2) is 19.9 Å². The van der Waals surface area contributed by atoms with E-state index in [0.717, 1.165) is 60.8 Å². The van der Waals surface area contributed by atoms with Crippen LogP contribution in [0.2, 0.25) is 0 Å². The Morgan fingerprint density at radius 3 is 2.57 bits per heavy atom. The predicted octanol–water partition coefficient (Wildman–Crippen LogP) is 3.59. The summed E-state index contributed by atoms with van der Waals surface area (Å²) in [4.78, 5) is 37.2. The molecule has 1 saturated carbocycles. The highest BCUT2D eigenvalue weighted by atomic mass is 19.4. The maximum absolute atomic E-state index is 13.1. The monoisotopic (exact) mass is 512 g/mol. The van der Waals surface area contributed by atoms with E-state index < -0.39 is 12.0 Å². The topological polar surface area (TPSA) is 109 Å². The zero-order valence-electron chi connectivity index (χ0n) is 19.9. The first-order chi connectivity index (χ1) is 17.8. The Labute approximate surface area is 209 Å². The maximum atomic E-state index is 13.1. The van der Waals surface area contributed by atoms with Gasteiger partial charge in [-0.1, -0.05) is 6.07 Å². The van der Waals surface area contributed by atoms with Crippen LogP contribution >= 0.6 is 0 Å². The van der Waals surface area contributed by atoms with Gasteiger partial charge in [-0.3, -0.25) is 4.79 Å². The third-order valence-electron chi connectivity index (χ3n) is 6.69. The molecule has 0 saturated heterocycles. The van der Waals surface area contributed by atoms with Gasteiger partial charge in [0, 0.05) is 32.4 Å². The van der Waals surface area contributed by atoms with Crippen molar-refractivity contribution in [2.45, 2.75) is 44.4 Å². The lowest BCUT2D eigenvalue weighted by molar-refractivity contribution is -0.145. The van der Waals surface area contributed by atoms with Gasteiger partial charge in [0.25, 0.3) is 0 Å².